The van der Waals surface area contributed by atoms with Gasteiger partial charge in [0, 0.05) is 19.6 Å². The summed E-state index contributed by atoms with van der Waals surface area (Å²) in [5.74, 6) is 1.70. The van der Waals surface area contributed by atoms with Gasteiger partial charge in [-0.05, 0) is 44.5 Å². The summed E-state index contributed by atoms with van der Waals surface area (Å²) >= 11 is 0. The van der Waals surface area contributed by atoms with Crippen LogP contribution >= 0.6 is 0 Å². The standard InChI is InChI=1S/C19H25N3O3/c1-13-18(14(2)25-21-13)12-24-17-6-4-15(5-7-17)10-19(23)22(3)16-8-9-20-11-16/h4-7,16,20H,8-12H2,1-3H3/t16-/m0/s1. The van der Waals surface area contributed by atoms with Crippen molar-refractivity contribution in [3.8, 4) is 5.75 Å². The number of hydrogen-bond acceptors (Lipinski definition) is 5. The van der Waals surface area contributed by atoms with Gasteiger partial charge in [0.1, 0.15) is 18.1 Å². The quantitative estimate of drug-likeness (QED) is 0.871. The lowest BCUT2D eigenvalue weighted by Gasteiger charge is -2.23. The molecule has 1 fully saturated rings. The summed E-state index contributed by atoms with van der Waals surface area (Å²) in [6.07, 6.45) is 1.44. The molecule has 0 spiro atoms. The van der Waals surface area contributed by atoms with Crippen molar-refractivity contribution >= 4 is 5.91 Å². The number of hydrogen-bond donors (Lipinski definition) is 1. The summed E-state index contributed by atoms with van der Waals surface area (Å²) in [5, 5.41) is 7.21. The Hall–Kier alpha value is -2.34. The molecule has 6 nitrogen and oxygen atoms in total. The maximum absolute atomic E-state index is 12.4. The molecule has 2 heterocycles. The van der Waals surface area contributed by atoms with Gasteiger partial charge >= 0.3 is 0 Å². The summed E-state index contributed by atoms with van der Waals surface area (Å²) in [7, 11) is 1.89. The number of ether oxygens (including phenoxy) is 1. The minimum Gasteiger partial charge on any atom is -0.489 e. The fraction of sp³-hybridized carbons (Fsp3) is 0.474. The molecule has 1 saturated heterocycles. The molecular weight excluding hydrogens is 318 g/mol. The van der Waals surface area contributed by atoms with Crippen LogP contribution in [0.4, 0.5) is 0 Å². The van der Waals surface area contributed by atoms with Gasteiger partial charge in [-0.25, -0.2) is 0 Å². The topological polar surface area (TPSA) is 67.6 Å². The van der Waals surface area contributed by atoms with Crippen LogP contribution in [0.25, 0.3) is 0 Å². The predicted octanol–water partition coefficient (Wildman–Crippen LogP) is 2.23. The Kier molecular flexibility index (Phi) is 5.38. The first kappa shape index (κ1) is 17.5. The number of likely N-dealkylation sites (N-methyl/N-ethyl adjacent to an activating group) is 1. The van der Waals surface area contributed by atoms with E-state index in [0.29, 0.717) is 19.1 Å². The van der Waals surface area contributed by atoms with E-state index in [2.05, 4.69) is 10.5 Å². The maximum atomic E-state index is 12.4. The second-order valence-corrected chi connectivity index (χ2v) is 6.56. The molecule has 0 saturated carbocycles. The molecule has 0 aliphatic carbocycles. The summed E-state index contributed by atoms with van der Waals surface area (Å²) in [5.41, 5.74) is 2.82. The van der Waals surface area contributed by atoms with Gasteiger partial charge in [0.05, 0.1) is 17.7 Å². The number of benzene rings is 1. The molecule has 3 rings (SSSR count). The van der Waals surface area contributed by atoms with Crippen molar-refractivity contribution in [1.29, 1.82) is 0 Å². The number of carbonyl (C=O) groups excluding carboxylic acids is 1. The first-order chi connectivity index (χ1) is 12.0. The summed E-state index contributed by atoms with van der Waals surface area (Å²) in [4.78, 5) is 14.3. The zero-order chi connectivity index (χ0) is 17.8. The van der Waals surface area contributed by atoms with E-state index < -0.39 is 0 Å². The van der Waals surface area contributed by atoms with Gasteiger partial charge in [-0.15, -0.1) is 0 Å². The normalized spacial score (nSPS) is 16.8. The molecule has 134 valence electrons. The largest absolute Gasteiger partial charge is 0.489 e. The van der Waals surface area contributed by atoms with Crippen molar-refractivity contribution in [3.05, 3.63) is 46.8 Å². The van der Waals surface area contributed by atoms with E-state index in [1.807, 2.05) is 50.1 Å². The first-order valence-corrected chi connectivity index (χ1v) is 8.64. The average Bonchev–Trinajstić information content (AvgIpc) is 3.25. The zero-order valence-corrected chi connectivity index (χ0v) is 15.0. The lowest BCUT2D eigenvalue weighted by atomic mass is 10.1. The highest BCUT2D eigenvalue weighted by atomic mass is 16.5. The Balaban J connectivity index is 1.54. The van der Waals surface area contributed by atoms with Crippen molar-refractivity contribution in [2.24, 2.45) is 0 Å². The van der Waals surface area contributed by atoms with Crippen molar-refractivity contribution in [2.75, 3.05) is 20.1 Å². The van der Waals surface area contributed by atoms with E-state index in [1.165, 1.54) is 0 Å². The third kappa shape index (κ3) is 4.20. The summed E-state index contributed by atoms with van der Waals surface area (Å²) in [6.45, 7) is 6.08. The van der Waals surface area contributed by atoms with Gasteiger partial charge in [0.25, 0.3) is 0 Å². The van der Waals surface area contributed by atoms with Gasteiger partial charge in [-0.1, -0.05) is 17.3 Å². The van der Waals surface area contributed by atoms with Crippen molar-refractivity contribution in [1.82, 2.24) is 15.4 Å². The van der Waals surface area contributed by atoms with E-state index in [1.54, 1.807) is 0 Å². The Morgan fingerprint density at radius 3 is 2.72 bits per heavy atom. The number of nitrogens with zero attached hydrogens (tertiary/aromatic N) is 2. The van der Waals surface area contributed by atoms with E-state index in [4.69, 9.17) is 9.26 Å². The first-order valence-electron chi connectivity index (χ1n) is 8.64. The second-order valence-electron chi connectivity index (χ2n) is 6.56. The molecule has 1 N–H and O–H groups in total. The molecule has 1 aliphatic rings. The minimum atomic E-state index is 0.151. The number of carbonyl (C=O) groups is 1. The molecule has 25 heavy (non-hydrogen) atoms. The van der Waals surface area contributed by atoms with Crippen LogP contribution in [0.3, 0.4) is 0 Å². The molecular formula is C19H25N3O3. The van der Waals surface area contributed by atoms with Crippen LogP contribution in [0, 0.1) is 13.8 Å². The van der Waals surface area contributed by atoms with Crippen molar-refractivity contribution in [2.45, 2.75) is 39.3 Å². The lowest BCUT2D eigenvalue weighted by molar-refractivity contribution is -0.130. The van der Waals surface area contributed by atoms with Crippen LogP contribution in [0.5, 0.6) is 5.75 Å². The molecule has 1 aromatic heterocycles. The fourth-order valence-electron chi connectivity index (χ4n) is 3.04. The number of nitrogens with one attached hydrogen (secondary N) is 1. The molecule has 0 unspecified atom stereocenters. The Labute approximate surface area is 148 Å². The fourth-order valence-corrected chi connectivity index (χ4v) is 3.04. The number of amides is 1. The van der Waals surface area contributed by atoms with Crippen LogP contribution in [-0.2, 0) is 17.8 Å². The average molecular weight is 343 g/mol. The second kappa shape index (κ2) is 7.70. The molecule has 1 atom stereocenters. The molecule has 0 radical (unpaired) electrons. The van der Waals surface area contributed by atoms with Crippen molar-refractivity contribution < 1.29 is 14.1 Å². The molecule has 2 aromatic rings. The Morgan fingerprint density at radius 2 is 2.12 bits per heavy atom. The van der Waals surface area contributed by atoms with Gasteiger partial charge in [-0.3, -0.25) is 4.79 Å². The van der Waals surface area contributed by atoms with Gasteiger partial charge < -0.3 is 19.5 Å². The van der Waals surface area contributed by atoms with Gasteiger partial charge in [0.2, 0.25) is 5.91 Å². The monoisotopic (exact) mass is 343 g/mol. The maximum Gasteiger partial charge on any atom is 0.227 e. The van der Waals surface area contributed by atoms with Crippen LogP contribution in [0.1, 0.15) is 29.0 Å². The minimum absolute atomic E-state index is 0.151. The van der Waals surface area contributed by atoms with E-state index in [9.17, 15) is 4.79 Å². The highest BCUT2D eigenvalue weighted by Gasteiger charge is 2.23. The molecule has 6 heteroatoms. The number of aromatic nitrogens is 1. The number of aryl methyl sites for hydroxylation is 2. The Bertz CT molecular complexity index is 699. The SMILES string of the molecule is Cc1noc(C)c1COc1ccc(CC(=O)N(C)[C@H]2CCNC2)cc1. The van der Waals surface area contributed by atoms with E-state index in [-0.39, 0.29) is 5.91 Å². The van der Waals surface area contributed by atoms with Gasteiger partial charge in [0.15, 0.2) is 0 Å². The predicted molar refractivity (Wildman–Crippen MR) is 94.5 cm³/mol. The third-order valence-corrected chi connectivity index (χ3v) is 4.82. The van der Waals surface area contributed by atoms with E-state index >= 15 is 0 Å². The Morgan fingerprint density at radius 1 is 1.36 bits per heavy atom. The number of rotatable bonds is 6. The lowest BCUT2D eigenvalue weighted by Crippen LogP contribution is -2.39. The van der Waals surface area contributed by atoms with E-state index in [0.717, 1.165) is 47.8 Å². The van der Waals surface area contributed by atoms with Crippen LogP contribution in [0.2, 0.25) is 0 Å². The third-order valence-electron chi connectivity index (χ3n) is 4.82. The smallest absolute Gasteiger partial charge is 0.227 e. The van der Waals surface area contributed by atoms with Gasteiger partial charge in [-0.2, -0.15) is 0 Å². The zero-order valence-electron chi connectivity index (χ0n) is 15.0. The highest BCUT2D eigenvalue weighted by molar-refractivity contribution is 5.79. The molecule has 0 bridgehead atoms. The van der Waals surface area contributed by atoms with Crippen LogP contribution in [0.15, 0.2) is 28.8 Å². The molecule has 1 aliphatic heterocycles. The molecule has 1 amide bonds. The summed E-state index contributed by atoms with van der Waals surface area (Å²) in [6, 6.07) is 8.00. The van der Waals surface area contributed by atoms with Crippen LogP contribution < -0.4 is 10.1 Å². The highest BCUT2D eigenvalue weighted by Crippen LogP contribution is 2.18. The van der Waals surface area contributed by atoms with Crippen LogP contribution in [-0.4, -0.2) is 42.1 Å². The molecule has 1 aromatic carbocycles. The summed E-state index contributed by atoms with van der Waals surface area (Å²) < 4.78 is 10.9. The van der Waals surface area contributed by atoms with Crippen molar-refractivity contribution in [3.63, 3.8) is 0 Å².